The van der Waals surface area contributed by atoms with E-state index in [0.29, 0.717) is 6.42 Å². The van der Waals surface area contributed by atoms with E-state index in [1.807, 2.05) is 75.4 Å². The SMILES string of the molecule is CC[C@@H](C)NC(=O)[C@H](Cc1ccccc1)N(Cc1ccc(C)cc1)C(=O)CN(c1ccc(F)cc1)S(C)(=O)=O. The van der Waals surface area contributed by atoms with Gasteiger partial charge in [0.05, 0.1) is 11.9 Å². The molecule has 2 amide bonds. The first-order valence-electron chi connectivity index (χ1n) is 12.9. The molecule has 0 saturated heterocycles. The molecule has 1 N–H and O–H groups in total. The van der Waals surface area contributed by atoms with Crippen molar-refractivity contribution in [2.24, 2.45) is 0 Å². The zero-order chi connectivity index (χ0) is 28.6. The lowest BCUT2D eigenvalue weighted by Gasteiger charge is -2.34. The Morgan fingerprint density at radius 2 is 1.54 bits per heavy atom. The average molecular weight is 554 g/mol. The second-order valence-electron chi connectivity index (χ2n) is 9.78. The molecule has 0 aliphatic rings. The predicted octanol–water partition coefficient (Wildman–Crippen LogP) is 4.45. The van der Waals surface area contributed by atoms with Gasteiger partial charge in [-0.1, -0.05) is 67.1 Å². The standard InChI is InChI=1S/C30H36FN3O4S/c1-5-23(3)32-30(36)28(19-24-9-7-6-8-10-24)33(20-25-13-11-22(2)12-14-25)29(35)21-34(39(4,37)38)27-17-15-26(31)16-18-27/h6-18,23,28H,5,19-21H2,1-4H3,(H,32,36)/t23-,28+/m1/s1. The number of anilines is 1. The maximum Gasteiger partial charge on any atom is 0.244 e. The molecule has 208 valence electrons. The molecule has 0 saturated carbocycles. The van der Waals surface area contributed by atoms with Gasteiger partial charge in [-0.05, 0) is 55.7 Å². The first-order chi connectivity index (χ1) is 18.5. The van der Waals surface area contributed by atoms with Crippen LogP contribution in [0.3, 0.4) is 0 Å². The molecule has 0 heterocycles. The Morgan fingerprint density at radius 1 is 0.923 bits per heavy atom. The number of carbonyl (C=O) groups is 2. The number of benzene rings is 3. The van der Waals surface area contributed by atoms with Gasteiger partial charge in [-0.25, -0.2) is 12.8 Å². The van der Waals surface area contributed by atoms with Crippen molar-refractivity contribution in [1.82, 2.24) is 10.2 Å². The summed E-state index contributed by atoms with van der Waals surface area (Å²) in [5.74, 6) is -1.39. The summed E-state index contributed by atoms with van der Waals surface area (Å²) >= 11 is 0. The molecule has 3 aromatic rings. The van der Waals surface area contributed by atoms with E-state index in [4.69, 9.17) is 0 Å². The van der Waals surface area contributed by atoms with Gasteiger partial charge in [0.15, 0.2) is 0 Å². The maximum absolute atomic E-state index is 14.0. The molecule has 0 aliphatic heterocycles. The summed E-state index contributed by atoms with van der Waals surface area (Å²) in [6.07, 6.45) is 1.95. The Bertz CT molecular complexity index is 1350. The molecule has 2 atom stereocenters. The van der Waals surface area contributed by atoms with Crippen molar-refractivity contribution < 1.29 is 22.4 Å². The third-order valence-corrected chi connectivity index (χ3v) is 7.68. The van der Waals surface area contributed by atoms with Gasteiger partial charge >= 0.3 is 0 Å². The molecule has 0 radical (unpaired) electrons. The predicted molar refractivity (Wildman–Crippen MR) is 152 cm³/mol. The number of amides is 2. The van der Waals surface area contributed by atoms with E-state index in [2.05, 4.69) is 5.32 Å². The number of hydrogen-bond donors (Lipinski definition) is 1. The van der Waals surface area contributed by atoms with E-state index in [9.17, 15) is 22.4 Å². The topological polar surface area (TPSA) is 86.8 Å². The molecule has 3 rings (SSSR count). The Labute approximate surface area is 230 Å². The minimum Gasteiger partial charge on any atom is -0.352 e. The van der Waals surface area contributed by atoms with E-state index in [0.717, 1.165) is 39.4 Å². The molecular weight excluding hydrogens is 517 g/mol. The second kappa shape index (κ2) is 13.4. The third-order valence-electron chi connectivity index (χ3n) is 6.54. The fraction of sp³-hybridized carbons (Fsp3) is 0.333. The Balaban J connectivity index is 2.04. The van der Waals surface area contributed by atoms with Gasteiger partial charge in [0.25, 0.3) is 0 Å². The summed E-state index contributed by atoms with van der Waals surface area (Å²) in [5.41, 5.74) is 2.87. The Hall–Kier alpha value is -3.72. The van der Waals surface area contributed by atoms with Gasteiger partial charge in [-0.3, -0.25) is 13.9 Å². The van der Waals surface area contributed by atoms with Crippen LogP contribution in [-0.2, 0) is 32.6 Å². The molecule has 0 bridgehead atoms. The Morgan fingerprint density at radius 3 is 2.10 bits per heavy atom. The lowest BCUT2D eigenvalue weighted by Crippen LogP contribution is -2.54. The summed E-state index contributed by atoms with van der Waals surface area (Å²) in [6, 6.07) is 20.9. The number of sulfonamides is 1. The largest absolute Gasteiger partial charge is 0.352 e. The lowest BCUT2D eigenvalue weighted by molar-refractivity contribution is -0.140. The van der Waals surface area contributed by atoms with Crippen LogP contribution >= 0.6 is 0 Å². The zero-order valence-corrected chi connectivity index (χ0v) is 23.6. The zero-order valence-electron chi connectivity index (χ0n) is 22.8. The van der Waals surface area contributed by atoms with Crippen LogP contribution in [0.4, 0.5) is 10.1 Å². The van der Waals surface area contributed by atoms with Gasteiger partial charge in [0.1, 0.15) is 18.4 Å². The molecule has 0 aromatic heterocycles. The number of nitrogens with zero attached hydrogens (tertiary/aromatic N) is 2. The fourth-order valence-corrected chi connectivity index (χ4v) is 4.96. The van der Waals surface area contributed by atoms with E-state index in [1.165, 1.54) is 17.0 Å². The molecule has 39 heavy (non-hydrogen) atoms. The van der Waals surface area contributed by atoms with Crippen LogP contribution in [-0.4, -0.2) is 50.0 Å². The lowest BCUT2D eigenvalue weighted by atomic mass is 10.0. The van der Waals surface area contributed by atoms with Crippen molar-refractivity contribution in [3.05, 3.63) is 101 Å². The summed E-state index contributed by atoms with van der Waals surface area (Å²) in [6.45, 7) is 5.36. The van der Waals surface area contributed by atoms with Crippen molar-refractivity contribution in [1.29, 1.82) is 0 Å². The van der Waals surface area contributed by atoms with Crippen molar-refractivity contribution in [3.63, 3.8) is 0 Å². The van der Waals surface area contributed by atoms with Crippen molar-refractivity contribution >= 4 is 27.5 Å². The molecule has 0 unspecified atom stereocenters. The van der Waals surface area contributed by atoms with E-state index < -0.39 is 34.3 Å². The minimum atomic E-state index is -3.90. The molecule has 3 aromatic carbocycles. The summed E-state index contributed by atoms with van der Waals surface area (Å²) in [5, 5.41) is 3.00. The summed E-state index contributed by atoms with van der Waals surface area (Å²) in [7, 11) is -3.90. The highest BCUT2D eigenvalue weighted by molar-refractivity contribution is 7.92. The first kappa shape index (κ1) is 29.8. The van der Waals surface area contributed by atoms with Gasteiger partial charge in [-0.2, -0.15) is 0 Å². The van der Waals surface area contributed by atoms with Crippen LogP contribution in [0, 0.1) is 12.7 Å². The quantitative estimate of drug-likeness (QED) is 0.359. The smallest absolute Gasteiger partial charge is 0.244 e. The molecule has 0 aliphatic carbocycles. The van der Waals surface area contributed by atoms with Crippen LogP contribution in [0.2, 0.25) is 0 Å². The Kier molecular flexibility index (Phi) is 10.2. The van der Waals surface area contributed by atoms with Gasteiger partial charge in [0, 0.05) is 19.0 Å². The van der Waals surface area contributed by atoms with Crippen molar-refractivity contribution in [3.8, 4) is 0 Å². The summed E-state index contributed by atoms with van der Waals surface area (Å²) in [4.78, 5) is 29.0. The number of rotatable bonds is 12. The van der Waals surface area contributed by atoms with E-state index in [1.54, 1.807) is 0 Å². The van der Waals surface area contributed by atoms with Crippen LogP contribution in [0.25, 0.3) is 0 Å². The second-order valence-corrected chi connectivity index (χ2v) is 11.7. The number of nitrogens with one attached hydrogen (secondary N) is 1. The van der Waals surface area contributed by atoms with Gasteiger partial charge < -0.3 is 10.2 Å². The highest BCUT2D eigenvalue weighted by atomic mass is 32.2. The average Bonchev–Trinajstić information content (AvgIpc) is 2.90. The monoisotopic (exact) mass is 553 g/mol. The van der Waals surface area contributed by atoms with E-state index >= 15 is 0 Å². The van der Waals surface area contributed by atoms with Gasteiger partial charge in [0.2, 0.25) is 21.8 Å². The minimum absolute atomic E-state index is 0.103. The number of aryl methyl sites for hydroxylation is 1. The van der Waals surface area contributed by atoms with Crippen LogP contribution in [0.15, 0.2) is 78.9 Å². The number of hydrogen-bond acceptors (Lipinski definition) is 4. The molecule has 9 heteroatoms. The highest BCUT2D eigenvalue weighted by Crippen LogP contribution is 2.21. The summed E-state index contributed by atoms with van der Waals surface area (Å²) < 4.78 is 40.0. The molecule has 0 spiro atoms. The number of carbonyl (C=O) groups excluding carboxylic acids is 2. The van der Waals surface area contributed by atoms with Crippen molar-refractivity contribution in [2.75, 3.05) is 17.1 Å². The highest BCUT2D eigenvalue weighted by Gasteiger charge is 2.33. The van der Waals surface area contributed by atoms with E-state index in [-0.39, 0.29) is 30.6 Å². The van der Waals surface area contributed by atoms with Crippen LogP contribution in [0.5, 0.6) is 0 Å². The number of halogens is 1. The molecule has 7 nitrogen and oxygen atoms in total. The van der Waals surface area contributed by atoms with Crippen LogP contribution in [0.1, 0.15) is 37.0 Å². The fourth-order valence-electron chi connectivity index (χ4n) is 4.11. The van der Waals surface area contributed by atoms with Crippen molar-refractivity contribution in [2.45, 2.75) is 52.2 Å². The first-order valence-corrected chi connectivity index (χ1v) is 14.7. The maximum atomic E-state index is 14.0. The normalized spacial score (nSPS) is 12.8. The van der Waals surface area contributed by atoms with Gasteiger partial charge in [-0.15, -0.1) is 0 Å². The molecular formula is C30H36FN3O4S. The third kappa shape index (κ3) is 8.64. The van der Waals surface area contributed by atoms with Crippen LogP contribution < -0.4 is 9.62 Å². The molecule has 0 fully saturated rings.